The number of hydrogen-bond donors (Lipinski definition) is 0. The van der Waals surface area contributed by atoms with E-state index in [1.807, 2.05) is 39.4 Å². The summed E-state index contributed by atoms with van der Waals surface area (Å²) in [4.78, 5) is 16.5. The molecule has 0 bridgehead atoms. The molecular weight excluding hydrogens is 399 g/mol. The summed E-state index contributed by atoms with van der Waals surface area (Å²) >= 11 is 2.34. The number of carbonyl (C=O) groups excluding carboxylic acids is 1. The average molecular weight is 421 g/mol. The van der Waals surface area contributed by atoms with E-state index in [-0.39, 0.29) is 24.1 Å². The highest BCUT2D eigenvalue weighted by atomic mass is 127. The number of carbonyl (C=O) groups is 1. The molecule has 1 aliphatic rings. The van der Waals surface area contributed by atoms with Crippen LogP contribution >= 0.6 is 35.0 Å². The van der Waals surface area contributed by atoms with Crippen LogP contribution in [-0.4, -0.2) is 38.4 Å². The van der Waals surface area contributed by atoms with E-state index < -0.39 is 0 Å². The van der Waals surface area contributed by atoms with Gasteiger partial charge in [0.25, 0.3) is 0 Å². The highest BCUT2D eigenvalue weighted by Gasteiger charge is 2.25. The number of hydrogen-bond acceptors (Lipinski definition) is 3. The van der Waals surface area contributed by atoms with Crippen molar-refractivity contribution in [3.63, 3.8) is 0 Å². The van der Waals surface area contributed by atoms with E-state index in [4.69, 9.17) is 0 Å². The van der Waals surface area contributed by atoms with E-state index >= 15 is 0 Å². The van der Waals surface area contributed by atoms with Gasteiger partial charge in [0.15, 0.2) is 5.78 Å². The van der Waals surface area contributed by atoms with Gasteiger partial charge in [0.1, 0.15) is 0 Å². The normalized spacial score (nSPS) is 18.2. The number of para-hydroxylation sites is 1. The largest absolute Gasteiger partial charge is 0.347 e. The van der Waals surface area contributed by atoms with Crippen LogP contribution in [0.3, 0.4) is 0 Å². The second kappa shape index (κ2) is 8.15. The zero-order chi connectivity index (χ0) is 14.7. The third kappa shape index (κ3) is 4.69. The number of benzene rings is 1. The molecule has 1 atom stereocenters. The number of rotatable bonds is 4. The van der Waals surface area contributed by atoms with Crippen LogP contribution in [0.1, 0.15) is 12.8 Å². The van der Waals surface area contributed by atoms with Gasteiger partial charge in [-0.2, -0.15) is 0 Å². The summed E-state index contributed by atoms with van der Waals surface area (Å²) in [6.07, 6.45) is 3.74. The highest BCUT2D eigenvalue weighted by Crippen LogP contribution is 2.29. The van der Waals surface area contributed by atoms with E-state index in [1.165, 1.54) is 9.26 Å². The molecule has 0 saturated heterocycles. The van der Waals surface area contributed by atoms with E-state index in [2.05, 4.69) is 44.5 Å². The monoisotopic (exact) mass is 420 g/mol. The summed E-state index contributed by atoms with van der Waals surface area (Å²) in [7, 11) is 6.08. The zero-order valence-electron chi connectivity index (χ0n) is 12.7. The van der Waals surface area contributed by atoms with Crippen molar-refractivity contribution in [2.75, 3.05) is 32.6 Å². The van der Waals surface area contributed by atoms with Gasteiger partial charge in [0.05, 0.1) is 5.69 Å². The van der Waals surface area contributed by atoms with Crippen molar-refractivity contribution in [1.82, 2.24) is 4.90 Å². The second-order valence-electron chi connectivity index (χ2n) is 5.55. The summed E-state index contributed by atoms with van der Waals surface area (Å²) in [5, 5.41) is 0. The molecule has 1 aromatic rings. The van der Waals surface area contributed by atoms with Crippen molar-refractivity contribution in [3.05, 3.63) is 39.6 Å². The van der Waals surface area contributed by atoms with Crippen molar-refractivity contribution < 1.29 is 4.79 Å². The fourth-order valence-corrected chi connectivity index (χ4v) is 3.33. The lowest BCUT2D eigenvalue weighted by molar-refractivity contribution is -0.119. The van der Waals surface area contributed by atoms with Crippen LogP contribution in [0, 0.1) is 9.49 Å². The van der Waals surface area contributed by atoms with Gasteiger partial charge in [0, 0.05) is 34.9 Å². The Morgan fingerprint density at radius 1 is 1.24 bits per heavy atom. The van der Waals surface area contributed by atoms with Crippen molar-refractivity contribution >= 4 is 46.5 Å². The summed E-state index contributed by atoms with van der Waals surface area (Å²) in [5.74, 6) is 0.412. The molecule has 0 spiro atoms. The van der Waals surface area contributed by atoms with Crippen LogP contribution in [0.15, 0.2) is 36.0 Å². The predicted octanol–water partition coefficient (Wildman–Crippen LogP) is 3.57. The topological polar surface area (TPSA) is 23.6 Å². The standard InChI is InChI=1S/C16H21IN2O.ClH/c1-18(2)11-12-8-9-13(10-16(12)20)19(3)15-7-5-4-6-14(15)17;/h4-7,10,12H,8-9,11H2,1-3H3;1H. The molecule has 0 amide bonds. The van der Waals surface area contributed by atoms with Crippen molar-refractivity contribution in [3.8, 4) is 0 Å². The molecular formula is C16H22ClIN2O. The van der Waals surface area contributed by atoms with E-state index in [1.54, 1.807) is 0 Å². The summed E-state index contributed by atoms with van der Waals surface area (Å²) in [6, 6.07) is 8.26. The van der Waals surface area contributed by atoms with E-state index in [9.17, 15) is 4.79 Å². The Morgan fingerprint density at radius 3 is 2.48 bits per heavy atom. The van der Waals surface area contributed by atoms with Crippen molar-refractivity contribution in [1.29, 1.82) is 0 Å². The molecule has 3 nitrogen and oxygen atoms in total. The lowest BCUT2D eigenvalue weighted by Crippen LogP contribution is -2.32. The Morgan fingerprint density at radius 2 is 1.90 bits per heavy atom. The quantitative estimate of drug-likeness (QED) is 0.696. The first-order valence-electron chi connectivity index (χ1n) is 6.86. The van der Waals surface area contributed by atoms with Gasteiger partial charge in [-0.15, -0.1) is 12.4 Å². The predicted molar refractivity (Wildman–Crippen MR) is 99.2 cm³/mol. The minimum atomic E-state index is 0. The molecule has 5 heteroatoms. The first kappa shape index (κ1) is 18.5. The van der Waals surface area contributed by atoms with Gasteiger partial charge >= 0.3 is 0 Å². The maximum Gasteiger partial charge on any atom is 0.161 e. The fourth-order valence-electron chi connectivity index (χ4n) is 2.58. The third-order valence-electron chi connectivity index (χ3n) is 3.69. The third-order valence-corrected chi connectivity index (χ3v) is 4.60. The average Bonchev–Trinajstić information content (AvgIpc) is 2.40. The van der Waals surface area contributed by atoms with Crippen LogP contribution in [-0.2, 0) is 4.79 Å². The second-order valence-corrected chi connectivity index (χ2v) is 6.71. The van der Waals surface area contributed by atoms with Gasteiger partial charge in [0.2, 0.25) is 0 Å². The zero-order valence-corrected chi connectivity index (χ0v) is 15.6. The summed E-state index contributed by atoms with van der Waals surface area (Å²) < 4.78 is 1.20. The first-order chi connectivity index (χ1) is 9.49. The van der Waals surface area contributed by atoms with E-state index in [0.717, 1.165) is 25.1 Å². The van der Waals surface area contributed by atoms with Crippen LogP contribution in [0.5, 0.6) is 0 Å². The molecule has 1 unspecified atom stereocenters. The molecule has 1 aromatic carbocycles. The number of nitrogens with zero attached hydrogens (tertiary/aromatic N) is 2. The smallest absolute Gasteiger partial charge is 0.161 e. The van der Waals surface area contributed by atoms with Gasteiger partial charge in [-0.25, -0.2) is 0 Å². The molecule has 2 rings (SSSR count). The van der Waals surface area contributed by atoms with Gasteiger partial charge < -0.3 is 9.80 Å². The Kier molecular flexibility index (Phi) is 7.16. The maximum atomic E-state index is 12.2. The molecule has 0 saturated carbocycles. The number of allylic oxidation sites excluding steroid dienone is 2. The molecule has 21 heavy (non-hydrogen) atoms. The molecule has 0 N–H and O–H groups in total. The molecule has 0 aromatic heterocycles. The highest BCUT2D eigenvalue weighted by molar-refractivity contribution is 14.1. The van der Waals surface area contributed by atoms with Crippen LogP contribution in [0.4, 0.5) is 5.69 Å². The molecule has 0 fully saturated rings. The van der Waals surface area contributed by atoms with Crippen molar-refractivity contribution in [2.24, 2.45) is 5.92 Å². The number of anilines is 1. The SMILES string of the molecule is CN(C)CC1CCC(N(C)c2ccccc2I)=CC1=O.Cl. The molecule has 0 radical (unpaired) electrons. The maximum absolute atomic E-state index is 12.2. The van der Waals surface area contributed by atoms with E-state index in [0.29, 0.717) is 0 Å². The Hall–Kier alpha value is -0.590. The minimum absolute atomic E-state index is 0. The lowest BCUT2D eigenvalue weighted by Gasteiger charge is -2.29. The molecule has 1 aliphatic carbocycles. The molecule has 0 aliphatic heterocycles. The van der Waals surface area contributed by atoms with Gasteiger partial charge in [-0.05, 0) is 61.7 Å². The Labute approximate surface area is 146 Å². The summed E-state index contributed by atoms with van der Waals surface area (Å²) in [6.45, 7) is 0.842. The van der Waals surface area contributed by atoms with Crippen LogP contribution in [0.2, 0.25) is 0 Å². The van der Waals surface area contributed by atoms with Crippen LogP contribution in [0.25, 0.3) is 0 Å². The lowest BCUT2D eigenvalue weighted by atomic mass is 9.90. The number of ketones is 1. The van der Waals surface area contributed by atoms with Gasteiger partial charge in [-0.1, -0.05) is 12.1 Å². The molecule has 116 valence electrons. The molecule has 0 heterocycles. The number of halogens is 2. The Balaban J connectivity index is 0.00000220. The fraction of sp³-hybridized carbons (Fsp3) is 0.438. The van der Waals surface area contributed by atoms with Gasteiger partial charge in [-0.3, -0.25) is 4.79 Å². The van der Waals surface area contributed by atoms with Crippen LogP contribution < -0.4 is 4.90 Å². The Bertz CT molecular complexity index is 531. The van der Waals surface area contributed by atoms with Crippen molar-refractivity contribution in [2.45, 2.75) is 12.8 Å². The minimum Gasteiger partial charge on any atom is -0.347 e. The first-order valence-corrected chi connectivity index (χ1v) is 7.94. The summed E-state index contributed by atoms with van der Waals surface area (Å²) in [5.41, 5.74) is 2.28.